The SMILES string of the molecule is C[C@H](C1CCN(C(=O)CCCOc2ccccc2)CC1)N1CCOCC1. The van der Waals surface area contributed by atoms with E-state index in [2.05, 4.69) is 11.8 Å². The number of carbonyl (C=O) groups excluding carboxylic acids is 1. The number of morpholine rings is 1. The molecule has 0 N–H and O–H groups in total. The van der Waals surface area contributed by atoms with Gasteiger partial charge in [0.05, 0.1) is 19.8 Å². The lowest BCUT2D eigenvalue weighted by Gasteiger charge is -2.41. The van der Waals surface area contributed by atoms with E-state index < -0.39 is 0 Å². The molecule has 2 saturated heterocycles. The number of rotatable bonds is 7. The molecule has 0 radical (unpaired) electrons. The standard InChI is InChI=1S/C21H32N2O3/c1-18(22-13-16-25-17-14-22)19-9-11-23(12-10-19)21(24)8-5-15-26-20-6-3-2-4-7-20/h2-4,6-7,18-19H,5,8-17H2,1H3/t18-/m1/s1. The quantitative estimate of drug-likeness (QED) is 0.701. The number of hydrogen-bond donors (Lipinski definition) is 0. The Morgan fingerprint density at radius 2 is 1.85 bits per heavy atom. The van der Waals surface area contributed by atoms with Gasteiger partial charge in [-0.2, -0.15) is 0 Å². The van der Waals surface area contributed by atoms with Gasteiger partial charge in [-0.3, -0.25) is 9.69 Å². The van der Waals surface area contributed by atoms with Crippen molar-refractivity contribution in [3.05, 3.63) is 30.3 Å². The molecule has 0 bridgehead atoms. The zero-order chi connectivity index (χ0) is 18.2. The summed E-state index contributed by atoms with van der Waals surface area (Å²) in [5.41, 5.74) is 0. The molecule has 1 aromatic carbocycles. The number of amides is 1. The Morgan fingerprint density at radius 3 is 2.54 bits per heavy atom. The first-order valence-electron chi connectivity index (χ1n) is 10.0. The minimum atomic E-state index is 0.277. The fraction of sp³-hybridized carbons (Fsp3) is 0.667. The van der Waals surface area contributed by atoms with E-state index >= 15 is 0 Å². The van der Waals surface area contributed by atoms with Crippen LogP contribution in [0.5, 0.6) is 5.75 Å². The Hall–Kier alpha value is -1.59. The summed E-state index contributed by atoms with van der Waals surface area (Å²) in [7, 11) is 0. The zero-order valence-electron chi connectivity index (χ0n) is 15.9. The molecule has 5 heteroatoms. The number of likely N-dealkylation sites (tertiary alicyclic amines) is 1. The number of hydrogen-bond acceptors (Lipinski definition) is 4. The van der Waals surface area contributed by atoms with E-state index in [9.17, 15) is 4.79 Å². The molecule has 0 spiro atoms. The van der Waals surface area contributed by atoms with Crippen LogP contribution < -0.4 is 4.74 Å². The molecule has 1 atom stereocenters. The molecule has 2 aliphatic rings. The monoisotopic (exact) mass is 360 g/mol. The van der Waals surface area contributed by atoms with Crippen molar-refractivity contribution < 1.29 is 14.3 Å². The van der Waals surface area contributed by atoms with Crippen molar-refractivity contribution in [3.63, 3.8) is 0 Å². The number of nitrogens with zero attached hydrogens (tertiary/aromatic N) is 2. The molecule has 1 aromatic rings. The first kappa shape index (κ1) is 19.2. The van der Waals surface area contributed by atoms with Gasteiger partial charge >= 0.3 is 0 Å². The molecule has 2 fully saturated rings. The lowest BCUT2D eigenvalue weighted by molar-refractivity contribution is -0.133. The fourth-order valence-corrected chi connectivity index (χ4v) is 4.00. The summed E-state index contributed by atoms with van der Waals surface area (Å²) in [6.45, 7) is 8.53. The van der Waals surface area contributed by atoms with Crippen LogP contribution in [0.2, 0.25) is 0 Å². The van der Waals surface area contributed by atoms with Crippen LogP contribution in [0.4, 0.5) is 0 Å². The van der Waals surface area contributed by atoms with Gasteiger partial charge in [0.15, 0.2) is 0 Å². The molecule has 0 unspecified atom stereocenters. The Balaban J connectivity index is 1.33. The average Bonchev–Trinajstić information content (AvgIpc) is 2.72. The van der Waals surface area contributed by atoms with Gasteiger partial charge in [0.2, 0.25) is 5.91 Å². The summed E-state index contributed by atoms with van der Waals surface area (Å²) in [4.78, 5) is 17.0. The van der Waals surface area contributed by atoms with E-state index in [0.29, 0.717) is 25.0 Å². The molecule has 26 heavy (non-hydrogen) atoms. The molecule has 3 rings (SSSR count). The van der Waals surface area contributed by atoms with Gasteiger partial charge in [-0.05, 0) is 44.2 Å². The molecule has 0 saturated carbocycles. The molecule has 0 aromatic heterocycles. The smallest absolute Gasteiger partial charge is 0.222 e. The number of benzene rings is 1. The van der Waals surface area contributed by atoms with Crippen molar-refractivity contribution in [1.29, 1.82) is 0 Å². The third-order valence-electron chi connectivity index (χ3n) is 5.74. The molecule has 0 aliphatic carbocycles. The Labute approximate surface area is 157 Å². The minimum absolute atomic E-state index is 0.277. The van der Waals surface area contributed by atoms with Crippen LogP contribution in [0.25, 0.3) is 0 Å². The first-order valence-corrected chi connectivity index (χ1v) is 10.0. The number of carbonyl (C=O) groups is 1. The number of para-hydroxylation sites is 1. The molecule has 2 heterocycles. The van der Waals surface area contributed by atoms with Crippen LogP contribution in [-0.4, -0.2) is 67.7 Å². The highest BCUT2D eigenvalue weighted by Crippen LogP contribution is 2.25. The van der Waals surface area contributed by atoms with E-state index in [1.165, 1.54) is 0 Å². The van der Waals surface area contributed by atoms with Crippen LogP contribution in [0, 0.1) is 5.92 Å². The van der Waals surface area contributed by atoms with Crippen molar-refractivity contribution in [2.24, 2.45) is 5.92 Å². The summed E-state index contributed by atoms with van der Waals surface area (Å²) in [5.74, 6) is 1.84. The van der Waals surface area contributed by atoms with Crippen molar-refractivity contribution in [1.82, 2.24) is 9.80 Å². The molecular formula is C21H32N2O3. The van der Waals surface area contributed by atoms with Gasteiger partial charge in [0, 0.05) is 38.6 Å². The lowest BCUT2D eigenvalue weighted by Crippen LogP contribution is -2.49. The third-order valence-corrected chi connectivity index (χ3v) is 5.74. The summed E-state index contributed by atoms with van der Waals surface area (Å²) >= 11 is 0. The van der Waals surface area contributed by atoms with Gasteiger partial charge in [-0.15, -0.1) is 0 Å². The largest absolute Gasteiger partial charge is 0.494 e. The molecule has 5 nitrogen and oxygen atoms in total. The first-order chi connectivity index (χ1) is 12.7. The second-order valence-corrected chi connectivity index (χ2v) is 7.37. The highest BCUT2D eigenvalue weighted by atomic mass is 16.5. The highest BCUT2D eigenvalue weighted by molar-refractivity contribution is 5.76. The average molecular weight is 360 g/mol. The van der Waals surface area contributed by atoms with Crippen LogP contribution in [0.15, 0.2) is 30.3 Å². The second kappa shape index (κ2) is 9.93. The van der Waals surface area contributed by atoms with Crippen molar-refractivity contribution in [2.75, 3.05) is 46.0 Å². The van der Waals surface area contributed by atoms with Crippen molar-refractivity contribution in [3.8, 4) is 5.75 Å². The summed E-state index contributed by atoms with van der Waals surface area (Å²) in [5, 5.41) is 0. The number of ether oxygens (including phenoxy) is 2. The minimum Gasteiger partial charge on any atom is -0.494 e. The van der Waals surface area contributed by atoms with Crippen LogP contribution in [0.1, 0.15) is 32.6 Å². The molecule has 1 amide bonds. The summed E-state index contributed by atoms with van der Waals surface area (Å²) in [6.07, 6.45) is 3.59. The third kappa shape index (κ3) is 5.45. The molecular weight excluding hydrogens is 328 g/mol. The normalized spacial score (nSPS) is 20.7. The Kier molecular flexibility index (Phi) is 7.32. The summed E-state index contributed by atoms with van der Waals surface area (Å²) in [6, 6.07) is 10.4. The highest BCUT2D eigenvalue weighted by Gasteiger charge is 2.29. The summed E-state index contributed by atoms with van der Waals surface area (Å²) < 4.78 is 11.1. The zero-order valence-corrected chi connectivity index (χ0v) is 15.9. The van der Waals surface area contributed by atoms with Gasteiger partial charge in [-0.25, -0.2) is 0 Å². The van der Waals surface area contributed by atoms with Crippen LogP contribution in [0.3, 0.4) is 0 Å². The number of piperidine rings is 1. The maximum atomic E-state index is 12.4. The van der Waals surface area contributed by atoms with Crippen LogP contribution in [-0.2, 0) is 9.53 Å². The van der Waals surface area contributed by atoms with Crippen molar-refractivity contribution >= 4 is 5.91 Å². The lowest BCUT2D eigenvalue weighted by atomic mass is 9.89. The fourth-order valence-electron chi connectivity index (χ4n) is 4.00. The van der Waals surface area contributed by atoms with Gasteiger partial charge < -0.3 is 14.4 Å². The van der Waals surface area contributed by atoms with E-state index in [4.69, 9.17) is 9.47 Å². The van der Waals surface area contributed by atoms with Gasteiger partial charge in [0.1, 0.15) is 5.75 Å². The van der Waals surface area contributed by atoms with Crippen LogP contribution >= 0.6 is 0 Å². The van der Waals surface area contributed by atoms with Crippen molar-refractivity contribution in [2.45, 2.75) is 38.6 Å². The maximum Gasteiger partial charge on any atom is 0.222 e. The van der Waals surface area contributed by atoms with E-state index in [1.54, 1.807) is 0 Å². The second-order valence-electron chi connectivity index (χ2n) is 7.37. The maximum absolute atomic E-state index is 12.4. The van der Waals surface area contributed by atoms with E-state index in [0.717, 1.165) is 64.4 Å². The topological polar surface area (TPSA) is 42.0 Å². The predicted molar refractivity (Wildman–Crippen MR) is 102 cm³/mol. The van der Waals surface area contributed by atoms with E-state index in [1.807, 2.05) is 35.2 Å². The Bertz CT molecular complexity index is 537. The molecule has 2 aliphatic heterocycles. The van der Waals surface area contributed by atoms with Gasteiger partial charge in [0.25, 0.3) is 0 Å². The molecule has 144 valence electrons. The van der Waals surface area contributed by atoms with E-state index in [-0.39, 0.29) is 5.91 Å². The van der Waals surface area contributed by atoms with Gasteiger partial charge in [-0.1, -0.05) is 18.2 Å². The Morgan fingerprint density at radius 1 is 1.15 bits per heavy atom. The predicted octanol–water partition coefficient (Wildman–Crippen LogP) is 2.80.